The van der Waals surface area contributed by atoms with Crippen LogP contribution in [0.2, 0.25) is 0 Å². The Balaban J connectivity index is 1.84. The van der Waals surface area contributed by atoms with E-state index in [2.05, 4.69) is 15.4 Å². The highest BCUT2D eigenvalue weighted by molar-refractivity contribution is 5.87. The summed E-state index contributed by atoms with van der Waals surface area (Å²) in [7, 11) is 0. The van der Waals surface area contributed by atoms with E-state index in [-0.39, 0.29) is 5.69 Å². The van der Waals surface area contributed by atoms with Gasteiger partial charge in [-0.1, -0.05) is 6.07 Å². The maximum absolute atomic E-state index is 13.5. The molecule has 0 amide bonds. The third kappa shape index (κ3) is 2.13. The Morgan fingerprint density at radius 3 is 2.67 bits per heavy atom. The summed E-state index contributed by atoms with van der Waals surface area (Å²) in [6.07, 6.45) is 1.77. The van der Waals surface area contributed by atoms with Crippen LogP contribution >= 0.6 is 0 Å². The van der Waals surface area contributed by atoms with E-state index in [4.69, 9.17) is 5.26 Å². The number of aromatic amines is 1. The number of aromatic nitrogens is 4. The molecule has 2 aromatic heterocycles. The molecule has 0 saturated carbocycles. The molecule has 1 N–H and O–H groups in total. The molecule has 24 heavy (non-hydrogen) atoms. The number of nitriles is 1. The lowest BCUT2D eigenvalue weighted by Crippen LogP contribution is -1.94. The molecule has 0 unspecified atom stereocenters. The first kappa shape index (κ1) is 14.1. The van der Waals surface area contributed by atoms with Crippen molar-refractivity contribution in [2.75, 3.05) is 0 Å². The second kappa shape index (κ2) is 5.28. The summed E-state index contributed by atoms with van der Waals surface area (Å²) in [5.41, 5.74) is 2.78. The van der Waals surface area contributed by atoms with E-state index < -0.39 is 11.6 Å². The van der Waals surface area contributed by atoms with Crippen LogP contribution in [0.3, 0.4) is 0 Å². The highest BCUT2D eigenvalue weighted by atomic mass is 19.2. The highest BCUT2D eigenvalue weighted by Crippen LogP contribution is 2.27. The average molecular weight is 321 g/mol. The Kier molecular flexibility index (Phi) is 3.10. The number of nitrogens with zero attached hydrogens (tertiary/aromatic N) is 4. The van der Waals surface area contributed by atoms with Gasteiger partial charge in [0.25, 0.3) is 0 Å². The average Bonchev–Trinajstić information content (AvgIpc) is 3.23. The minimum atomic E-state index is -0.896. The molecule has 0 spiro atoms. The number of benzene rings is 2. The minimum absolute atomic E-state index is 0.217. The zero-order valence-corrected chi connectivity index (χ0v) is 12.2. The zero-order valence-electron chi connectivity index (χ0n) is 12.2. The smallest absolute Gasteiger partial charge is 0.190 e. The van der Waals surface area contributed by atoms with Crippen LogP contribution in [0, 0.1) is 23.0 Å². The number of hydrogen-bond acceptors (Lipinski definition) is 3. The predicted octanol–water partition coefficient (Wildman–Crippen LogP) is 3.57. The second-order valence-corrected chi connectivity index (χ2v) is 5.19. The maximum Gasteiger partial charge on any atom is 0.190 e. The Hall–Kier alpha value is -3.53. The Morgan fingerprint density at radius 2 is 1.88 bits per heavy atom. The van der Waals surface area contributed by atoms with E-state index in [9.17, 15) is 8.78 Å². The molecule has 2 aromatic carbocycles. The molecule has 0 atom stereocenters. The third-order valence-electron chi connectivity index (χ3n) is 3.80. The van der Waals surface area contributed by atoms with Gasteiger partial charge in [-0.3, -0.25) is 0 Å². The first-order valence-corrected chi connectivity index (χ1v) is 7.05. The normalized spacial score (nSPS) is 10.9. The summed E-state index contributed by atoms with van der Waals surface area (Å²) in [6, 6.07) is 13.1. The van der Waals surface area contributed by atoms with Gasteiger partial charge >= 0.3 is 0 Å². The number of halogens is 2. The van der Waals surface area contributed by atoms with Crippen molar-refractivity contribution in [3.63, 3.8) is 0 Å². The summed E-state index contributed by atoms with van der Waals surface area (Å²) in [5, 5.41) is 20.1. The van der Waals surface area contributed by atoms with Gasteiger partial charge in [-0.05, 0) is 30.3 Å². The summed E-state index contributed by atoms with van der Waals surface area (Å²) in [5.74, 6) is -1.78. The van der Waals surface area contributed by atoms with Crippen molar-refractivity contribution >= 4 is 10.9 Å². The van der Waals surface area contributed by atoms with Crippen molar-refractivity contribution in [3.05, 3.63) is 66.0 Å². The van der Waals surface area contributed by atoms with Crippen molar-refractivity contribution in [2.24, 2.45) is 0 Å². The van der Waals surface area contributed by atoms with E-state index in [0.29, 0.717) is 11.4 Å². The quantitative estimate of drug-likeness (QED) is 0.613. The van der Waals surface area contributed by atoms with E-state index >= 15 is 0 Å². The van der Waals surface area contributed by atoms with Crippen LogP contribution in [0.25, 0.3) is 27.8 Å². The summed E-state index contributed by atoms with van der Waals surface area (Å²) < 4.78 is 28.3. The van der Waals surface area contributed by atoms with E-state index in [0.717, 1.165) is 28.6 Å². The standard InChI is InChI=1S/C17H9F2N5/c18-13-3-2-12(8-14(13)19)24-6-5-10-7-11(1-4-16(10)24)17-15(9-20)21-23-22-17/h1-8H,(H,21,22,23). The molecule has 0 saturated heterocycles. The van der Waals surface area contributed by atoms with Crippen LogP contribution in [0.4, 0.5) is 8.78 Å². The number of hydrogen-bond donors (Lipinski definition) is 1. The van der Waals surface area contributed by atoms with Gasteiger partial charge in [0.2, 0.25) is 0 Å². The molecule has 0 aliphatic carbocycles. The van der Waals surface area contributed by atoms with Gasteiger partial charge in [0, 0.05) is 28.9 Å². The summed E-state index contributed by atoms with van der Waals surface area (Å²) in [6.45, 7) is 0. The lowest BCUT2D eigenvalue weighted by molar-refractivity contribution is 0.508. The monoisotopic (exact) mass is 321 g/mol. The molecule has 7 heteroatoms. The molecular formula is C17H9F2N5. The van der Waals surface area contributed by atoms with Gasteiger partial charge < -0.3 is 4.57 Å². The first-order chi connectivity index (χ1) is 11.7. The highest BCUT2D eigenvalue weighted by Gasteiger charge is 2.12. The van der Waals surface area contributed by atoms with Crippen molar-refractivity contribution < 1.29 is 8.78 Å². The van der Waals surface area contributed by atoms with E-state index in [1.807, 2.05) is 24.3 Å². The summed E-state index contributed by atoms with van der Waals surface area (Å²) >= 11 is 0. The van der Waals surface area contributed by atoms with Crippen molar-refractivity contribution in [1.29, 1.82) is 5.26 Å². The maximum atomic E-state index is 13.5. The molecule has 0 bridgehead atoms. The molecule has 4 aromatic rings. The van der Waals surface area contributed by atoms with Crippen molar-refractivity contribution in [3.8, 4) is 23.0 Å². The number of H-pyrrole nitrogens is 1. The fraction of sp³-hybridized carbons (Fsp3) is 0. The minimum Gasteiger partial charge on any atom is -0.316 e. The molecule has 0 fully saturated rings. The van der Waals surface area contributed by atoms with Gasteiger partial charge in [-0.2, -0.15) is 15.6 Å². The topological polar surface area (TPSA) is 70.3 Å². The lowest BCUT2D eigenvalue weighted by Gasteiger charge is -2.06. The molecule has 5 nitrogen and oxygen atoms in total. The first-order valence-electron chi connectivity index (χ1n) is 7.05. The molecular weight excluding hydrogens is 312 g/mol. The number of fused-ring (bicyclic) bond motifs is 1. The van der Waals surface area contributed by atoms with Gasteiger partial charge in [0.05, 0.1) is 5.52 Å². The van der Waals surface area contributed by atoms with Gasteiger partial charge in [0.15, 0.2) is 17.3 Å². The van der Waals surface area contributed by atoms with Gasteiger partial charge in [-0.25, -0.2) is 8.78 Å². The van der Waals surface area contributed by atoms with Crippen LogP contribution in [-0.2, 0) is 0 Å². The van der Waals surface area contributed by atoms with Gasteiger partial charge in [0.1, 0.15) is 11.8 Å². The van der Waals surface area contributed by atoms with E-state index in [1.165, 1.54) is 6.07 Å². The van der Waals surface area contributed by atoms with E-state index in [1.54, 1.807) is 16.8 Å². The van der Waals surface area contributed by atoms with Crippen LogP contribution < -0.4 is 0 Å². The SMILES string of the molecule is N#Cc1n[nH]nc1-c1ccc2c(ccn2-c2ccc(F)c(F)c2)c1. The Bertz CT molecular complexity index is 1100. The lowest BCUT2D eigenvalue weighted by atomic mass is 10.1. The fourth-order valence-corrected chi connectivity index (χ4v) is 2.66. The Morgan fingerprint density at radius 1 is 1.00 bits per heavy atom. The van der Waals surface area contributed by atoms with Crippen molar-refractivity contribution in [1.82, 2.24) is 20.0 Å². The fourth-order valence-electron chi connectivity index (χ4n) is 2.66. The Labute approximate surface area is 134 Å². The molecule has 2 heterocycles. The molecule has 0 aliphatic heterocycles. The van der Waals surface area contributed by atoms with Gasteiger partial charge in [-0.15, -0.1) is 5.10 Å². The predicted molar refractivity (Wildman–Crippen MR) is 83.3 cm³/mol. The number of rotatable bonds is 2. The van der Waals surface area contributed by atoms with Crippen LogP contribution in [0.5, 0.6) is 0 Å². The molecule has 4 rings (SSSR count). The summed E-state index contributed by atoms with van der Waals surface area (Å²) in [4.78, 5) is 0. The number of nitrogens with one attached hydrogen (secondary N) is 1. The molecule has 0 aliphatic rings. The second-order valence-electron chi connectivity index (χ2n) is 5.19. The molecule has 0 radical (unpaired) electrons. The van der Waals surface area contributed by atoms with Crippen molar-refractivity contribution in [2.45, 2.75) is 0 Å². The third-order valence-corrected chi connectivity index (χ3v) is 3.80. The van der Waals surface area contributed by atoms with Crippen LogP contribution in [-0.4, -0.2) is 20.0 Å². The van der Waals surface area contributed by atoms with Crippen LogP contribution in [0.15, 0.2) is 48.7 Å². The van der Waals surface area contributed by atoms with Crippen LogP contribution in [0.1, 0.15) is 5.69 Å². The largest absolute Gasteiger partial charge is 0.316 e. The molecule has 116 valence electrons. The zero-order chi connectivity index (χ0) is 16.7.